The maximum Gasteiger partial charge on any atom is 0.244 e. The third-order valence-electron chi connectivity index (χ3n) is 6.16. The summed E-state index contributed by atoms with van der Waals surface area (Å²) >= 11 is 0. The van der Waals surface area contributed by atoms with Crippen LogP contribution in [-0.4, -0.2) is 53.5 Å². The van der Waals surface area contributed by atoms with Gasteiger partial charge < -0.3 is 20.9 Å². The van der Waals surface area contributed by atoms with Crippen molar-refractivity contribution in [3.8, 4) is 0 Å². The van der Waals surface area contributed by atoms with Crippen molar-refractivity contribution in [1.29, 1.82) is 0 Å². The van der Waals surface area contributed by atoms with Gasteiger partial charge in [0.05, 0.1) is 6.54 Å². The van der Waals surface area contributed by atoms with Gasteiger partial charge in [-0.05, 0) is 49.9 Å². The van der Waals surface area contributed by atoms with Crippen LogP contribution in [0.25, 0.3) is 0 Å². The summed E-state index contributed by atoms with van der Waals surface area (Å²) in [5, 5.41) is 2.87. The molecule has 8 nitrogen and oxygen atoms in total. The Morgan fingerprint density at radius 2 is 1.67 bits per heavy atom. The molecule has 8 heteroatoms. The lowest BCUT2D eigenvalue weighted by molar-refractivity contribution is -0.115. The van der Waals surface area contributed by atoms with Crippen LogP contribution in [0.4, 0.5) is 23.3 Å². The number of nitrogens with two attached hydrogens (primary N) is 1. The minimum atomic E-state index is -0.0834. The monoisotopic (exact) mass is 407 g/mol. The number of anilines is 4. The lowest BCUT2D eigenvalue weighted by Gasteiger charge is -2.31. The van der Waals surface area contributed by atoms with E-state index in [4.69, 9.17) is 10.7 Å². The largest absolute Gasteiger partial charge is 0.382 e. The van der Waals surface area contributed by atoms with E-state index in [9.17, 15) is 4.79 Å². The summed E-state index contributed by atoms with van der Waals surface area (Å²) in [5.74, 6) is 1.63. The fraction of sp³-hybridized carbons (Fsp3) is 0.500. The Balaban J connectivity index is 1.40. The molecule has 2 aromatic rings. The number of carbonyl (C=O) groups excluding carboxylic acids is 1. The number of aromatic nitrogens is 2. The van der Waals surface area contributed by atoms with Gasteiger partial charge in [0.2, 0.25) is 11.9 Å². The Morgan fingerprint density at radius 3 is 2.43 bits per heavy atom. The minimum Gasteiger partial charge on any atom is -0.382 e. The summed E-state index contributed by atoms with van der Waals surface area (Å²) < 4.78 is 0. The number of amides is 1. The second-order valence-electron chi connectivity index (χ2n) is 8.51. The number of nitrogens with zero attached hydrogens (tertiary/aromatic N) is 5. The molecule has 2 fully saturated rings. The summed E-state index contributed by atoms with van der Waals surface area (Å²) in [5.41, 5.74) is 9.24. The van der Waals surface area contributed by atoms with Crippen molar-refractivity contribution in [2.24, 2.45) is 0 Å². The number of hydrogen-bond donors (Lipinski definition) is 2. The molecule has 4 heterocycles. The highest BCUT2D eigenvalue weighted by Crippen LogP contribution is 2.35. The highest BCUT2D eigenvalue weighted by atomic mass is 16.2. The molecule has 3 aliphatic rings. The van der Waals surface area contributed by atoms with E-state index in [-0.39, 0.29) is 12.5 Å². The molecular formula is C22H29N7O. The Kier molecular flexibility index (Phi) is 5.16. The molecule has 0 saturated carbocycles. The molecule has 3 aliphatic heterocycles. The Morgan fingerprint density at radius 1 is 0.967 bits per heavy atom. The molecule has 0 bridgehead atoms. The van der Waals surface area contributed by atoms with Crippen LogP contribution in [0.15, 0.2) is 24.3 Å². The van der Waals surface area contributed by atoms with Crippen molar-refractivity contribution < 1.29 is 4.79 Å². The summed E-state index contributed by atoms with van der Waals surface area (Å²) in [4.78, 5) is 28.3. The first kappa shape index (κ1) is 19.1. The topological polar surface area (TPSA) is 90.6 Å². The number of fused-ring (bicyclic) bond motifs is 1. The van der Waals surface area contributed by atoms with E-state index in [1.807, 2.05) is 4.90 Å². The lowest BCUT2D eigenvalue weighted by Crippen LogP contribution is -2.39. The third-order valence-corrected chi connectivity index (χ3v) is 6.16. The Bertz CT molecular complexity index is 935. The van der Waals surface area contributed by atoms with Crippen LogP contribution in [0.2, 0.25) is 0 Å². The van der Waals surface area contributed by atoms with Crippen LogP contribution in [0.3, 0.4) is 0 Å². The molecule has 1 aromatic heterocycles. The van der Waals surface area contributed by atoms with E-state index in [0.29, 0.717) is 29.8 Å². The van der Waals surface area contributed by atoms with Crippen molar-refractivity contribution in [3.63, 3.8) is 0 Å². The number of carbonyl (C=O) groups is 1. The number of benzene rings is 1. The second-order valence-corrected chi connectivity index (χ2v) is 8.51. The van der Waals surface area contributed by atoms with Gasteiger partial charge >= 0.3 is 0 Å². The fourth-order valence-electron chi connectivity index (χ4n) is 4.66. The normalized spacial score (nSPS) is 19.3. The average Bonchev–Trinajstić information content (AvgIpc) is 3.43. The van der Waals surface area contributed by atoms with Gasteiger partial charge in [-0.2, -0.15) is 9.97 Å². The molecular weight excluding hydrogens is 378 g/mol. The molecule has 0 unspecified atom stereocenters. The minimum absolute atomic E-state index is 0.0834. The standard InChI is InChI=1S/C22H29N7O/c23-20-19-21(26-22(25-20)28-10-3-4-11-28)29(15-18(30)24-19)14-17-7-5-6-16(12-17)13-27-8-1-2-9-27/h5-7,12H,1-4,8-11,13-15H2,(H,24,30)(H2,23,25,26). The summed E-state index contributed by atoms with van der Waals surface area (Å²) in [6, 6.07) is 8.65. The highest BCUT2D eigenvalue weighted by Gasteiger charge is 2.28. The van der Waals surface area contributed by atoms with Gasteiger partial charge in [-0.1, -0.05) is 24.3 Å². The first-order valence-electron chi connectivity index (χ1n) is 10.9. The van der Waals surface area contributed by atoms with Gasteiger partial charge in [0.25, 0.3) is 0 Å². The average molecular weight is 408 g/mol. The molecule has 30 heavy (non-hydrogen) atoms. The van der Waals surface area contributed by atoms with Gasteiger partial charge in [0.1, 0.15) is 5.69 Å². The zero-order chi connectivity index (χ0) is 20.5. The predicted molar refractivity (Wildman–Crippen MR) is 119 cm³/mol. The zero-order valence-electron chi connectivity index (χ0n) is 17.3. The number of nitrogen functional groups attached to an aromatic ring is 1. The van der Waals surface area contributed by atoms with Crippen LogP contribution >= 0.6 is 0 Å². The van der Waals surface area contributed by atoms with Crippen molar-refractivity contribution in [2.75, 3.05) is 53.6 Å². The SMILES string of the molecule is Nc1nc(N2CCCC2)nc2c1NC(=O)CN2Cc1cccc(CN2CCCC2)c1. The summed E-state index contributed by atoms with van der Waals surface area (Å²) in [7, 11) is 0. The highest BCUT2D eigenvalue weighted by molar-refractivity contribution is 6.03. The number of rotatable bonds is 5. The lowest BCUT2D eigenvalue weighted by atomic mass is 10.1. The van der Waals surface area contributed by atoms with Gasteiger partial charge in [-0.15, -0.1) is 0 Å². The molecule has 0 radical (unpaired) electrons. The van der Waals surface area contributed by atoms with Crippen LogP contribution in [0.5, 0.6) is 0 Å². The van der Waals surface area contributed by atoms with E-state index in [1.165, 1.54) is 37.1 Å². The first-order valence-corrected chi connectivity index (χ1v) is 10.9. The fourth-order valence-corrected chi connectivity index (χ4v) is 4.66. The summed E-state index contributed by atoms with van der Waals surface area (Å²) in [6.45, 7) is 6.12. The van der Waals surface area contributed by atoms with Crippen molar-refractivity contribution in [3.05, 3.63) is 35.4 Å². The van der Waals surface area contributed by atoms with Crippen molar-refractivity contribution in [2.45, 2.75) is 38.8 Å². The van der Waals surface area contributed by atoms with Crippen LogP contribution in [0, 0.1) is 0 Å². The van der Waals surface area contributed by atoms with E-state index >= 15 is 0 Å². The summed E-state index contributed by atoms with van der Waals surface area (Å²) in [6.07, 6.45) is 4.87. The Hall–Kier alpha value is -2.87. The number of hydrogen-bond acceptors (Lipinski definition) is 7. The molecule has 0 atom stereocenters. The quantitative estimate of drug-likeness (QED) is 0.785. The van der Waals surface area contributed by atoms with E-state index < -0.39 is 0 Å². The van der Waals surface area contributed by atoms with Crippen molar-refractivity contribution in [1.82, 2.24) is 14.9 Å². The van der Waals surface area contributed by atoms with E-state index in [0.717, 1.165) is 32.5 Å². The number of likely N-dealkylation sites (tertiary alicyclic amines) is 1. The van der Waals surface area contributed by atoms with Crippen LogP contribution < -0.4 is 20.9 Å². The molecule has 0 spiro atoms. The van der Waals surface area contributed by atoms with Gasteiger partial charge in [0.15, 0.2) is 11.6 Å². The van der Waals surface area contributed by atoms with Crippen LogP contribution in [-0.2, 0) is 17.9 Å². The molecule has 5 rings (SSSR count). The van der Waals surface area contributed by atoms with Gasteiger partial charge in [-0.3, -0.25) is 9.69 Å². The zero-order valence-corrected chi connectivity index (χ0v) is 17.3. The first-order chi connectivity index (χ1) is 14.7. The van der Waals surface area contributed by atoms with E-state index in [2.05, 4.69) is 44.4 Å². The second kappa shape index (κ2) is 8.10. The van der Waals surface area contributed by atoms with Crippen LogP contribution in [0.1, 0.15) is 36.8 Å². The molecule has 0 aliphatic carbocycles. The molecule has 158 valence electrons. The molecule has 2 saturated heterocycles. The third kappa shape index (κ3) is 3.92. The molecule has 1 amide bonds. The molecule has 3 N–H and O–H groups in total. The van der Waals surface area contributed by atoms with Crippen molar-refractivity contribution >= 4 is 29.2 Å². The van der Waals surface area contributed by atoms with Gasteiger partial charge in [0, 0.05) is 26.2 Å². The Labute approximate surface area is 177 Å². The predicted octanol–water partition coefficient (Wildman–Crippen LogP) is 2.21. The van der Waals surface area contributed by atoms with E-state index in [1.54, 1.807) is 0 Å². The maximum absolute atomic E-state index is 12.3. The van der Waals surface area contributed by atoms with Gasteiger partial charge in [-0.25, -0.2) is 0 Å². The molecule has 1 aromatic carbocycles. The number of nitrogens with one attached hydrogen (secondary N) is 1. The smallest absolute Gasteiger partial charge is 0.244 e. The maximum atomic E-state index is 12.3.